The van der Waals surface area contributed by atoms with Gasteiger partial charge in [-0.1, -0.05) is 23.4 Å². The summed E-state index contributed by atoms with van der Waals surface area (Å²) in [6.45, 7) is 3.12. The molecule has 1 aliphatic heterocycles. The second-order valence-corrected chi connectivity index (χ2v) is 5.20. The fraction of sp³-hybridized carbons (Fsp3) is 0.467. The zero-order valence-corrected chi connectivity index (χ0v) is 12.1. The Morgan fingerprint density at radius 1 is 1.38 bits per heavy atom. The maximum atomic E-state index is 11.9. The third kappa shape index (κ3) is 4.46. The summed E-state index contributed by atoms with van der Waals surface area (Å²) in [5.41, 5.74) is 7.28. The molecule has 0 bridgehead atoms. The molecule has 1 fully saturated rings. The molecule has 6 heteroatoms. The van der Waals surface area contributed by atoms with Gasteiger partial charge in [-0.05, 0) is 24.5 Å². The molecule has 1 aromatic rings. The van der Waals surface area contributed by atoms with E-state index in [-0.39, 0.29) is 11.7 Å². The molecule has 1 aromatic carbocycles. The average molecular weight is 290 g/mol. The lowest BCUT2D eigenvalue weighted by Gasteiger charge is -2.15. The number of amidine groups is 1. The zero-order valence-electron chi connectivity index (χ0n) is 12.1. The van der Waals surface area contributed by atoms with Crippen molar-refractivity contribution >= 4 is 11.7 Å². The summed E-state index contributed by atoms with van der Waals surface area (Å²) in [7, 11) is 0. The smallest absolute Gasteiger partial charge is 0.223 e. The number of oxime groups is 1. The highest BCUT2D eigenvalue weighted by atomic mass is 16.4. The Morgan fingerprint density at radius 2 is 2.14 bits per heavy atom. The van der Waals surface area contributed by atoms with Crippen molar-refractivity contribution in [1.29, 1.82) is 0 Å². The number of amides is 1. The van der Waals surface area contributed by atoms with E-state index in [0.717, 1.165) is 31.5 Å². The first-order valence-corrected chi connectivity index (χ1v) is 7.26. The fourth-order valence-electron chi connectivity index (χ4n) is 2.45. The predicted octanol–water partition coefficient (Wildman–Crippen LogP) is 0.883. The molecule has 2 rings (SSSR count). The van der Waals surface area contributed by atoms with Crippen molar-refractivity contribution in [3.8, 4) is 0 Å². The van der Waals surface area contributed by atoms with Gasteiger partial charge >= 0.3 is 0 Å². The standard InChI is InChI=1S/C15H22N4O2/c16-15(18-21)13-5-3-4-12(10-13)11-17-7-6-14(20)19-8-1-2-9-19/h3-5,10,17,21H,1-2,6-9,11H2,(H2,16,18). The molecule has 0 radical (unpaired) electrons. The molecule has 1 saturated heterocycles. The highest BCUT2D eigenvalue weighted by Gasteiger charge is 2.16. The predicted molar refractivity (Wildman–Crippen MR) is 81.1 cm³/mol. The number of carbonyl (C=O) groups excluding carboxylic acids is 1. The molecule has 0 unspecified atom stereocenters. The third-order valence-corrected chi connectivity index (χ3v) is 3.63. The Morgan fingerprint density at radius 3 is 2.86 bits per heavy atom. The third-order valence-electron chi connectivity index (χ3n) is 3.63. The highest BCUT2D eigenvalue weighted by Crippen LogP contribution is 2.09. The summed E-state index contributed by atoms with van der Waals surface area (Å²) in [5.74, 6) is 0.325. The average Bonchev–Trinajstić information content (AvgIpc) is 3.05. The van der Waals surface area contributed by atoms with Crippen LogP contribution in [0.25, 0.3) is 0 Å². The van der Waals surface area contributed by atoms with Crippen LogP contribution in [-0.2, 0) is 11.3 Å². The van der Waals surface area contributed by atoms with Crippen LogP contribution in [0.15, 0.2) is 29.4 Å². The maximum Gasteiger partial charge on any atom is 0.223 e. The van der Waals surface area contributed by atoms with Gasteiger partial charge in [0, 0.05) is 38.2 Å². The summed E-state index contributed by atoms with van der Waals surface area (Å²) in [6, 6.07) is 7.48. The Bertz CT molecular complexity index is 510. The molecule has 1 aliphatic rings. The fourth-order valence-corrected chi connectivity index (χ4v) is 2.45. The molecule has 6 nitrogen and oxygen atoms in total. The van der Waals surface area contributed by atoms with Gasteiger partial charge in [-0.3, -0.25) is 4.79 Å². The Labute approximate surface area is 124 Å². The van der Waals surface area contributed by atoms with E-state index < -0.39 is 0 Å². The second kappa shape index (κ2) is 7.64. The van der Waals surface area contributed by atoms with Crippen LogP contribution in [0, 0.1) is 0 Å². The van der Waals surface area contributed by atoms with Crippen LogP contribution in [-0.4, -0.2) is 41.5 Å². The summed E-state index contributed by atoms with van der Waals surface area (Å²) in [5, 5.41) is 14.9. The number of benzene rings is 1. The SMILES string of the molecule is N/C(=N/O)c1cccc(CNCCC(=O)N2CCCC2)c1. The van der Waals surface area contributed by atoms with Gasteiger partial charge in [-0.2, -0.15) is 0 Å². The number of nitrogens with two attached hydrogens (primary N) is 1. The van der Waals surface area contributed by atoms with Gasteiger partial charge in [0.25, 0.3) is 0 Å². The van der Waals surface area contributed by atoms with Gasteiger partial charge in [0.15, 0.2) is 5.84 Å². The van der Waals surface area contributed by atoms with Crippen molar-refractivity contribution in [3.63, 3.8) is 0 Å². The molecule has 0 aliphatic carbocycles. The van der Waals surface area contributed by atoms with E-state index in [4.69, 9.17) is 10.9 Å². The van der Waals surface area contributed by atoms with Crippen LogP contribution >= 0.6 is 0 Å². The Balaban J connectivity index is 1.74. The van der Waals surface area contributed by atoms with E-state index in [1.54, 1.807) is 6.07 Å². The molecule has 21 heavy (non-hydrogen) atoms. The molecule has 0 atom stereocenters. The van der Waals surface area contributed by atoms with Crippen molar-refractivity contribution in [2.75, 3.05) is 19.6 Å². The van der Waals surface area contributed by atoms with E-state index in [2.05, 4.69) is 10.5 Å². The van der Waals surface area contributed by atoms with Gasteiger partial charge in [0.05, 0.1) is 0 Å². The second-order valence-electron chi connectivity index (χ2n) is 5.20. The number of hydrogen-bond donors (Lipinski definition) is 3. The van der Waals surface area contributed by atoms with Crippen molar-refractivity contribution in [2.24, 2.45) is 10.9 Å². The van der Waals surface area contributed by atoms with Crippen LogP contribution in [0.4, 0.5) is 0 Å². The van der Waals surface area contributed by atoms with Gasteiger partial charge in [0.1, 0.15) is 0 Å². The minimum atomic E-state index is 0.0982. The van der Waals surface area contributed by atoms with E-state index in [1.807, 2.05) is 23.1 Å². The first-order chi connectivity index (χ1) is 10.2. The molecule has 1 amide bonds. The Kier molecular flexibility index (Phi) is 5.57. The topological polar surface area (TPSA) is 91.0 Å². The largest absolute Gasteiger partial charge is 0.409 e. The van der Waals surface area contributed by atoms with Gasteiger partial charge in [-0.15, -0.1) is 0 Å². The van der Waals surface area contributed by atoms with Gasteiger partial charge in [-0.25, -0.2) is 0 Å². The lowest BCUT2D eigenvalue weighted by Crippen LogP contribution is -2.30. The van der Waals surface area contributed by atoms with Crippen molar-refractivity contribution in [2.45, 2.75) is 25.8 Å². The molecule has 114 valence electrons. The summed E-state index contributed by atoms with van der Waals surface area (Å²) in [4.78, 5) is 13.8. The quantitative estimate of drug-likeness (QED) is 0.238. The number of nitrogens with zero attached hydrogens (tertiary/aromatic N) is 2. The van der Waals surface area contributed by atoms with Crippen molar-refractivity contribution in [1.82, 2.24) is 10.2 Å². The molecule has 1 heterocycles. The number of nitrogens with one attached hydrogen (secondary N) is 1. The minimum absolute atomic E-state index is 0.0982. The van der Waals surface area contributed by atoms with Gasteiger partial charge in [0.2, 0.25) is 5.91 Å². The normalized spacial score (nSPS) is 15.4. The van der Waals surface area contributed by atoms with E-state index in [0.29, 0.717) is 25.1 Å². The van der Waals surface area contributed by atoms with Crippen LogP contribution in [0.2, 0.25) is 0 Å². The van der Waals surface area contributed by atoms with E-state index in [1.165, 1.54) is 0 Å². The minimum Gasteiger partial charge on any atom is -0.409 e. The number of likely N-dealkylation sites (tertiary alicyclic amines) is 1. The summed E-state index contributed by atoms with van der Waals surface area (Å²) < 4.78 is 0. The van der Waals surface area contributed by atoms with Crippen LogP contribution in [0.1, 0.15) is 30.4 Å². The number of hydrogen-bond acceptors (Lipinski definition) is 4. The number of rotatable bonds is 6. The van der Waals surface area contributed by atoms with Crippen molar-refractivity contribution < 1.29 is 10.0 Å². The van der Waals surface area contributed by atoms with Gasteiger partial charge < -0.3 is 21.2 Å². The maximum absolute atomic E-state index is 11.9. The molecule has 4 N–H and O–H groups in total. The summed E-state index contributed by atoms with van der Waals surface area (Å²) >= 11 is 0. The molecule has 0 aromatic heterocycles. The first-order valence-electron chi connectivity index (χ1n) is 7.26. The molecule has 0 saturated carbocycles. The van der Waals surface area contributed by atoms with Crippen molar-refractivity contribution in [3.05, 3.63) is 35.4 Å². The van der Waals surface area contributed by atoms with Crippen LogP contribution in [0.3, 0.4) is 0 Å². The van der Waals surface area contributed by atoms with Crippen LogP contribution in [0.5, 0.6) is 0 Å². The highest BCUT2D eigenvalue weighted by molar-refractivity contribution is 5.97. The lowest BCUT2D eigenvalue weighted by atomic mass is 10.1. The van der Waals surface area contributed by atoms with E-state index in [9.17, 15) is 4.79 Å². The molecular weight excluding hydrogens is 268 g/mol. The molecular formula is C15H22N4O2. The molecule has 0 spiro atoms. The monoisotopic (exact) mass is 290 g/mol. The first kappa shape index (κ1) is 15.3. The summed E-state index contributed by atoms with van der Waals surface area (Å²) in [6.07, 6.45) is 2.78. The van der Waals surface area contributed by atoms with Crippen LogP contribution < -0.4 is 11.1 Å². The Hall–Kier alpha value is -2.08. The lowest BCUT2D eigenvalue weighted by molar-refractivity contribution is -0.130. The zero-order chi connectivity index (χ0) is 15.1. The van der Waals surface area contributed by atoms with E-state index >= 15 is 0 Å². The number of carbonyl (C=O) groups is 1.